The standard InChI is InChI=1S/C21H24O3/c1-3-23-19-13-12-18(14-8-4-5-9-15(14)19)21(2)17-11-7-6-10-16(17)20(22)24-21/h4-5,8-9,12-13,16-17H,3,6-7,10-11H2,1-2H3/t16-,17-,21-/m0/s1. The van der Waals surface area contributed by atoms with Gasteiger partial charge in [-0.2, -0.15) is 0 Å². The molecule has 2 aliphatic rings. The van der Waals surface area contributed by atoms with Crippen molar-refractivity contribution >= 4 is 16.7 Å². The number of carbonyl (C=O) groups excluding carboxylic acids is 1. The third kappa shape index (κ3) is 2.21. The smallest absolute Gasteiger partial charge is 0.310 e. The highest BCUT2D eigenvalue weighted by Gasteiger charge is 2.54. The minimum Gasteiger partial charge on any atom is -0.493 e. The molecule has 2 aromatic carbocycles. The molecule has 0 radical (unpaired) electrons. The van der Waals surface area contributed by atoms with Gasteiger partial charge in [0.1, 0.15) is 11.4 Å². The molecule has 0 bridgehead atoms. The van der Waals surface area contributed by atoms with E-state index in [1.807, 2.05) is 25.1 Å². The number of rotatable bonds is 3. The first-order valence-corrected chi connectivity index (χ1v) is 9.03. The molecule has 0 amide bonds. The van der Waals surface area contributed by atoms with Gasteiger partial charge in [0.05, 0.1) is 12.5 Å². The Kier molecular flexibility index (Phi) is 3.75. The van der Waals surface area contributed by atoms with Crippen LogP contribution in [0.1, 0.15) is 45.1 Å². The SMILES string of the molecule is CCOc1ccc([C@@]2(C)OC(=O)[C@H]3CCCC[C@@H]32)c2ccccc12. The molecule has 3 atom stereocenters. The van der Waals surface area contributed by atoms with E-state index in [1.54, 1.807) is 0 Å². The first-order valence-electron chi connectivity index (χ1n) is 9.03. The summed E-state index contributed by atoms with van der Waals surface area (Å²) in [6.45, 7) is 4.73. The summed E-state index contributed by atoms with van der Waals surface area (Å²) in [5.41, 5.74) is 0.580. The Morgan fingerprint density at radius 2 is 1.88 bits per heavy atom. The second-order valence-corrected chi connectivity index (χ2v) is 7.12. The van der Waals surface area contributed by atoms with Crippen LogP contribution < -0.4 is 4.74 Å². The number of ether oxygens (including phenoxy) is 2. The van der Waals surface area contributed by atoms with Crippen molar-refractivity contribution in [3.63, 3.8) is 0 Å². The van der Waals surface area contributed by atoms with Crippen molar-refractivity contribution in [1.82, 2.24) is 0 Å². The summed E-state index contributed by atoms with van der Waals surface area (Å²) in [4.78, 5) is 12.5. The van der Waals surface area contributed by atoms with Gasteiger partial charge >= 0.3 is 5.97 Å². The Labute approximate surface area is 143 Å². The second kappa shape index (κ2) is 5.80. The monoisotopic (exact) mass is 324 g/mol. The summed E-state index contributed by atoms with van der Waals surface area (Å²) in [7, 11) is 0. The van der Waals surface area contributed by atoms with Crippen LogP contribution in [0, 0.1) is 11.8 Å². The fraction of sp³-hybridized carbons (Fsp3) is 0.476. The number of esters is 1. The zero-order chi connectivity index (χ0) is 16.7. The van der Waals surface area contributed by atoms with E-state index in [0.29, 0.717) is 6.61 Å². The molecule has 0 aromatic heterocycles. The fourth-order valence-electron chi connectivity index (χ4n) is 4.67. The molecule has 1 saturated heterocycles. The summed E-state index contributed by atoms with van der Waals surface area (Å²) >= 11 is 0. The molecule has 1 aliphatic heterocycles. The Bertz CT molecular complexity index is 782. The molecule has 24 heavy (non-hydrogen) atoms. The quantitative estimate of drug-likeness (QED) is 0.760. The van der Waals surface area contributed by atoms with Gasteiger partial charge in [0, 0.05) is 16.9 Å². The Morgan fingerprint density at radius 1 is 1.12 bits per heavy atom. The van der Waals surface area contributed by atoms with Gasteiger partial charge in [0.15, 0.2) is 0 Å². The third-order valence-electron chi connectivity index (χ3n) is 5.81. The van der Waals surface area contributed by atoms with Gasteiger partial charge in [-0.05, 0) is 38.1 Å². The van der Waals surface area contributed by atoms with Crippen molar-refractivity contribution in [2.45, 2.75) is 45.1 Å². The molecule has 2 fully saturated rings. The number of carbonyl (C=O) groups is 1. The van der Waals surface area contributed by atoms with Gasteiger partial charge in [-0.25, -0.2) is 0 Å². The van der Waals surface area contributed by atoms with Crippen molar-refractivity contribution in [3.05, 3.63) is 42.0 Å². The topological polar surface area (TPSA) is 35.5 Å². The van der Waals surface area contributed by atoms with Gasteiger partial charge in [-0.15, -0.1) is 0 Å². The minimum absolute atomic E-state index is 0.0137. The number of hydrogen-bond acceptors (Lipinski definition) is 3. The van der Waals surface area contributed by atoms with Crippen molar-refractivity contribution in [2.24, 2.45) is 11.8 Å². The van der Waals surface area contributed by atoms with Crippen LogP contribution in [-0.4, -0.2) is 12.6 Å². The van der Waals surface area contributed by atoms with Gasteiger partial charge < -0.3 is 9.47 Å². The fourth-order valence-corrected chi connectivity index (χ4v) is 4.67. The molecule has 0 spiro atoms. The highest BCUT2D eigenvalue weighted by atomic mass is 16.6. The summed E-state index contributed by atoms with van der Waals surface area (Å²) in [5, 5.41) is 2.22. The lowest BCUT2D eigenvalue weighted by molar-refractivity contribution is -0.150. The molecule has 3 heteroatoms. The van der Waals surface area contributed by atoms with Crippen molar-refractivity contribution in [1.29, 1.82) is 0 Å². The zero-order valence-electron chi connectivity index (χ0n) is 14.4. The van der Waals surface area contributed by atoms with Gasteiger partial charge in [-0.3, -0.25) is 4.79 Å². The maximum atomic E-state index is 12.5. The van der Waals surface area contributed by atoms with Crippen LogP contribution >= 0.6 is 0 Å². The van der Waals surface area contributed by atoms with E-state index in [4.69, 9.17) is 9.47 Å². The maximum absolute atomic E-state index is 12.5. The van der Waals surface area contributed by atoms with Crippen molar-refractivity contribution in [2.75, 3.05) is 6.61 Å². The summed E-state index contributed by atoms with van der Waals surface area (Å²) in [6, 6.07) is 12.4. The van der Waals surface area contributed by atoms with E-state index in [-0.39, 0.29) is 17.8 Å². The van der Waals surface area contributed by atoms with Crippen LogP contribution in [0.4, 0.5) is 0 Å². The molecule has 4 rings (SSSR count). The summed E-state index contributed by atoms with van der Waals surface area (Å²) < 4.78 is 11.8. The largest absolute Gasteiger partial charge is 0.493 e. The predicted octanol–water partition coefficient (Wildman–Crippen LogP) is 4.82. The lowest BCUT2D eigenvalue weighted by atomic mass is 9.70. The Morgan fingerprint density at radius 3 is 2.67 bits per heavy atom. The molecule has 0 unspecified atom stereocenters. The normalized spacial score (nSPS) is 29.3. The first-order chi connectivity index (χ1) is 11.6. The zero-order valence-corrected chi connectivity index (χ0v) is 14.4. The summed E-state index contributed by atoms with van der Waals surface area (Å²) in [6.07, 6.45) is 4.35. The summed E-state index contributed by atoms with van der Waals surface area (Å²) in [5.74, 6) is 1.22. The molecule has 0 N–H and O–H groups in total. The highest BCUT2D eigenvalue weighted by molar-refractivity contribution is 5.92. The molecule has 1 aliphatic carbocycles. The van der Waals surface area contributed by atoms with Crippen LogP contribution in [0.25, 0.3) is 10.8 Å². The van der Waals surface area contributed by atoms with Gasteiger partial charge in [-0.1, -0.05) is 43.2 Å². The molecular formula is C21H24O3. The van der Waals surface area contributed by atoms with E-state index < -0.39 is 5.60 Å². The van der Waals surface area contributed by atoms with E-state index in [1.165, 1.54) is 6.42 Å². The Hall–Kier alpha value is -2.03. The predicted molar refractivity (Wildman–Crippen MR) is 94.0 cm³/mol. The highest BCUT2D eigenvalue weighted by Crippen LogP contribution is 2.52. The molecule has 3 nitrogen and oxygen atoms in total. The average Bonchev–Trinajstić information content (AvgIpc) is 2.87. The van der Waals surface area contributed by atoms with Crippen LogP contribution in [-0.2, 0) is 15.1 Å². The van der Waals surface area contributed by atoms with Crippen molar-refractivity contribution < 1.29 is 14.3 Å². The van der Waals surface area contributed by atoms with Crippen LogP contribution in [0.5, 0.6) is 5.75 Å². The van der Waals surface area contributed by atoms with Gasteiger partial charge in [0.2, 0.25) is 0 Å². The average molecular weight is 324 g/mol. The molecular weight excluding hydrogens is 300 g/mol. The molecule has 1 saturated carbocycles. The molecule has 1 heterocycles. The lowest BCUT2D eigenvalue weighted by Crippen LogP contribution is -2.33. The van der Waals surface area contributed by atoms with Crippen LogP contribution in [0.3, 0.4) is 0 Å². The van der Waals surface area contributed by atoms with Crippen LogP contribution in [0.15, 0.2) is 36.4 Å². The lowest BCUT2D eigenvalue weighted by Gasteiger charge is -2.34. The maximum Gasteiger partial charge on any atom is 0.310 e. The number of cyclic esters (lactones) is 1. The van der Waals surface area contributed by atoms with E-state index in [9.17, 15) is 4.79 Å². The number of hydrogen-bond donors (Lipinski definition) is 0. The van der Waals surface area contributed by atoms with E-state index in [0.717, 1.165) is 41.3 Å². The second-order valence-electron chi connectivity index (χ2n) is 7.12. The number of benzene rings is 2. The Balaban J connectivity index is 1.87. The van der Waals surface area contributed by atoms with Gasteiger partial charge in [0.25, 0.3) is 0 Å². The van der Waals surface area contributed by atoms with Crippen LogP contribution in [0.2, 0.25) is 0 Å². The van der Waals surface area contributed by atoms with E-state index in [2.05, 4.69) is 25.1 Å². The molecule has 126 valence electrons. The third-order valence-corrected chi connectivity index (χ3v) is 5.81. The molecule has 2 aromatic rings. The minimum atomic E-state index is -0.535. The first kappa shape index (κ1) is 15.5. The van der Waals surface area contributed by atoms with E-state index >= 15 is 0 Å². The van der Waals surface area contributed by atoms with Crippen molar-refractivity contribution in [3.8, 4) is 5.75 Å². The number of fused-ring (bicyclic) bond motifs is 2.